The highest BCUT2D eigenvalue weighted by Crippen LogP contribution is 2.11. The van der Waals surface area contributed by atoms with Crippen LogP contribution in [-0.2, 0) is 11.2 Å². The van der Waals surface area contributed by atoms with E-state index in [1.165, 1.54) is 24.3 Å². The molecule has 4 N–H and O–H groups in total. The summed E-state index contributed by atoms with van der Waals surface area (Å²) in [5.74, 6) is -1.32. The molecule has 1 heterocycles. The molecule has 8 nitrogen and oxygen atoms in total. The Labute approximate surface area is 107 Å². The van der Waals surface area contributed by atoms with Gasteiger partial charge in [-0.3, -0.25) is 4.79 Å². The van der Waals surface area contributed by atoms with Gasteiger partial charge in [-0.05, 0) is 29.4 Å². The molecule has 0 aliphatic rings. The molecule has 2 rings (SSSR count). The van der Waals surface area contributed by atoms with E-state index in [0.29, 0.717) is 5.69 Å². The lowest BCUT2D eigenvalue weighted by atomic mass is 10.2. The van der Waals surface area contributed by atoms with Gasteiger partial charge in [-0.1, -0.05) is 5.16 Å². The Morgan fingerprint density at radius 3 is 2.47 bits per heavy atom. The zero-order valence-electron chi connectivity index (χ0n) is 9.66. The van der Waals surface area contributed by atoms with Crippen molar-refractivity contribution in [2.75, 3.05) is 11.1 Å². The molecule has 0 aliphatic carbocycles. The van der Waals surface area contributed by atoms with Gasteiger partial charge in [-0.2, -0.15) is 0 Å². The molecular formula is C11H10N4O4. The number of anilines is 2. The predicted molar refractivity (Wildman–Crippen MR) is 64.4 cm³/mol. The van der Waals surface area contributed by atoms with Crippen LogP contribution in [0.1, 0.15) is 16.1 Å². The number of nitrogens with zero attached hydrogens (tertiary/aromatic N) is 2. The molecule has 8 heteroatoms. The van der Waals surface area contributed by atoms with E-state index in [1.54, 1.807) is 0 Å². The van der Waals surface area contributed by atoms with Crippen LogP contribution in [-0.4, -0.2) is 27.3 Å². The third kappa shape index (κ3) is 3.06. The van der Waals surface area contributed by atoms with Crippen LogP contribution in [0.25, 0.3) is 0 Å². The van der Waals surface area contributed by atoms with Crippen LogP contribution in [0, 0.1) is 0 Å². The number of hydrogen-bond acceptors (Lipinski definition) is 6. The van der Waals surface area contributed by atoms with E-state index in [4.69, 9.17) is 10.8 Å². The van der Waals surface area contributed by atoms with Crippen molar-refractivity contribution in [3.63, 3.8) is 0 Å². The quantitative estimate of drug-likeness (QED) is 0.732. The number of nitrogens with one attached hydrogen (secondary N) is 1. The van der Waals surface area contributed by atoms with E-state index < -0.39 is 5.97 Å². The normalized spacial score (nSPS) is 10.1. The van der Waals surface area contributed by atoms with Crippen molar-refractivity contribution >= 4 is 23.4 Å². The van der Waals surface area contributed by atoms with Crippen molar-refractivity contribution in [1.82, 2.24) is 10.3 Å². The summed E-state index contributed by atoms with van der Waals surface area (Å²) >= 11 is 0. The Hall–Kier alpha value is -2.90. The van der Waals surface area contributed by atoms with Gasteiger partial charge in [-0.15, -0.1) is 0 Å². The number of carbonyl (C=O) groups is 2. The smallest absolute Gasteiger partial charge is 0.335 e. The van der Waals surface area contributed by atoms with Gasteiger partial charge in [0.05, 0.1) is 12.0 Å². The molecule has 0 aliphatic heterocycles. The van der Waals surface area contributed by atoms with Crippen molar-refractivity contribution in [1.29, 1.82) is 0 Å². The molecule has 1 aromatic heterocycles. The molecule has 0 unspecified atom stereocenters. The standard InChI is InChI=1S/C11H10N4O4/c12-10-8(14-19-15-10)5-9(16)13-7-3-1-6(2-4-7)11(17)18/h1-4H,5H2,(H2,12,15)(H,13,16)(H,17,18). The first-order chi connectivity index (χ1) is 9.06. The zero-order valence-corrected chi connectivity index (χ0v) is 9.66. The topological polar surface area (TPSA) is 131 Å². The fourth-order valence-electron chi connectivity index (χ4n) is 1.39. The average molecular weight is 262 g/mol. The van der Waals surface area contributed by atoms with E-state index in [1.807, 2.05) is 0 Å². The Morgan fingerprint density at radius 2 is 1.95 bits per heavy atom. The van der Waals surface area contributed by atoms with Gasteiger partial charge >= 0.3 is 5.97 Å². The third-order valence-corrected chi connectivity index (χ3v) is 2.33. The number of carbonyl (C=O) groups excluding carboxylic acids is 1. The molecule has 0 fully saturated rings. The monoisotopic (exact) mass is 262 g/mol. The number of nitrogen functional groups attached to an aromatic ring is 1. The van der Waals surface area contributed by atoms with Crippen LogP contribution >= 0.6 is 0 Å². The minimum Gasteiger partial charge on any atom is -0.478 e. The second-order valence-corrected chi connectivity index (χ2v) is 3.70. The van der Waals surface area contributed by atoms with Crippen LogP contribution in [0.5, 0.6) is 0 Å². The summed E-state index contributed by atoms with van der Waals surface area (Å²) in [6, 6.07) is 5.77. The Kier molecular flexibility index (Phi) is 3.42. The summed E-state index contributed by atoms with van der Waals surface area (Å²) in [6.45, 7) is 0. The highest BCUT2D eigenvalue weighted by Gasteiger charge is 2.12. The number of nitrogens with two attached hydrogens (primary N) is 1. The van der Waals surface area contributed by atoms with Crippen LogP contribution in [0.4, 0.5) is 11.5 Å². The van der Waals surface area contributed by atoms with Crippen molar-refractivity contribution in [3.05, 3.63) is 35.5 Å². The minimum absolute atomic E-state index is 0.0661. The summed E-state index contributed by atoms with van der Waals surface area (Å²) in [5, 5.41) is 18.1. The molecule has 0 spiro atoms. The number of hydrogen-bond donors (Lipinski definition) is 3. The van der Waals surface area contributed by atoms with Crippen LogP contribution in [0.3, 0.4) is 0 Å². The summed E-state index contributed by atoms with van der Waals surface area (Å²) in [4.78, 5) is 22.3. The molecule has 1 aromatic carbocycles. The fourth-order valence-corrected chi connectivity index (χ4v) is 1.39. The van der Waals surface area contributed by atoms with Gasteiger partial charge in [0.25, 0.3) is 0 Å². The second kappa shape index (κ2) is 5.17. The summed E-state index contributed by atoms with van der Waals surface area (Å²) in [6.07, 6.45) is -0.0734. The largest absolute Gasteiger partial charge is 0.478 e. The Morgan fingerprint density at radius 1 is 1.26 bits per heavy atom. The maximum atomic E-state index is 11.7. The van der Waals surface area contributed by atoms with E-state index >= 15 is 0 Å². The van der Waals surface area contributed by atoms with Crippen molar-refractivity contribution in [2.24, 2.45) is 0 Å². The summed E-state index contributed by atoms with van der Waals surface area (Å²) in [5.41, 5.74) is 6.29. The zero-order chi connectivity index (χ0) is 13.8. The lowest BCUT2D eigenvalue weighted by Crippen LogP contribution is -2.15. The van der Waals surface area contributed by atoms with Gasteiger partial charge in [0, 0.05) is 5.69 Å². The van der Waals surface area contributed by atoms with E-state index in [-0.39, 0.29) is 29.4 Å². The number of aromatic carboxylic acids is 1. The molecule has 0 atom stereocenters. The summed E-state index contributed by atoms with van der Waals surface area (Å²) < 4.78 is 4.37. The van der Waals surface area contributed by atoms with Crippen molar-refractivity contribution in [3.8, 4) is 0 Å². The van der Waals surface area contributed by atoms with Gasteiger partial charge in [0.1, 0.15) is 5.69 Å². The molecule has 0 radical (unpaired) electrons. The van der Waals surface area contributed by atoms with Crippen molar-refractivity contribution in [2.45, 2.75) is 6.42 Å². The van der Waals surface area contributed by atoms with Gasteiger partial charge in [0.2, 0.25) is 5.91 Å². The molecule has 0 saturated heterocycles. The highest BCUT2D eigenvalue weighted by atomic mass is 16.6. The summed E-state index contributed by atoms with van der Waals surface area (Å²) in [7, 11) is 0. The fraction of sp³-hybridized carbons (Fsp3) is 0.0909. The Balaban J connectivity index is 1.99. The van der Waals surface area contributed by atoms with Gasteiger partial charge in [0.15, 0.2) is 5.82 Å². The number of amides is 1. The highest BCUT2D eigenvalue weighted by molar-refractivity contribution is 5.93. The molecule has 19 heavy (non-hydrogen) atoms. The number of aromatic nitrogens is 2. The second-order valence-electron chi connectivity index (χ2n) is 3.70. The van der Waals surface area contributed by atoms with E-state index in [0.717, 1.165) is 0 Å². The maximum absolute atomic E-state index is 11.7. The van der Waals surface area contributed by atoms with E-state index in [2.05, 4.69) is 20.3 Å². The lowest BCUT2D eigenvalue weighted by Gasteiger charge is -2.04. The predicted octanol–water partition coefficient (Wildman–Crippen LogP) is 0.531. The molecule has 2 aromatic rings. The SMILES string of the molecule is Nc1nonc1CC(=O)Nc1ccc(C(=O)O)cc1. The third-order valence-electron chi connectivity index (χ3n) is 2.33. The van der Waals surface area contributed by atoms with Crippen LogP contribution in [0.2, 0.25) is 0 Å². The molecular weight excluding hydrogens is 252 g/mol. The van der Waals surface area contributed by atoms with Gasteiger partial charge in [-0.25, -0.2) is 9.42 Å². The first-order valence-corrected chi connectivity index (χ1v) is 5.26. The number of benzene rings is 1. The molecule has 0 saturated carbocycles. The maximum Gasteiger partial charge on any atom is 0.335 e. The number of carboxylic acids is 1. The van der Waals surface area contributed by atoms with Gasteiger partial charge < -0.3 is 16.2 Å². The molecule has 0 bridgehead atoms. The van der Waals surface area contributed by atoms with Crippen LogP contribution in [0.15, 0.2) is 28.9 Å². The lowest BCUT2D eigenvalue weighted by molar-refractivity contribution is -0.115. The molecule has 98 valence electrons. The minimum atomic E-state index is -1.03. The van der Waals surface area contributed by atoms with Crippen molar-refractivity contribution < 1.29 is 19.3 Å². The number of carboxylic acid groups (broad SMARTS) is 1. The van der Waals surface area contributed by atoms with Crippen LogP contribution < -0.4 is 11.1 Å². The average Bonchev–Trinajstić information content (AvgIpc) is 2.75. The number of rotatable bonds is 4. The first kappa shape index (κ1) is 12.6. The van der Waals surface area contributed by atoms with E-state index in [9.17, 15) is 9.59 Å². The first-order valence-electron chi connectivity index (χ1n) is 5.26. The Bertz CT molecular complexity index is 605. The molecule has 1 amide bonds.